The number of terminal acetylenes is 1. The van der Waals surface area contributed by atoms with E-state index in [2.05, 4.69) is 12.8 Å². The lowest BCUT2D eigenvalue weighted by molar-refractivity contribution is 3.31. The van der Waals surface area contributed by atoms with Gasteiger partial charge in [0.15, 0.2) is 0 Å². The molecule has 0 spiro atoms. The molecule has 0 aliphatic heterocycles. The van der Waals surface area contributed by atoms with Gasteiger partial charge in [-0.15, -0.1) is 46.8 Å². The van der Waals surface area contributed by atoms with Gasteiger partial charge in [0.2, 0.25) is 0 Å². The molecule has 0 N–H and O–H groups in total. The summed E-state index contributed by atoms with van der Waals surface area (Å²) >= 11 is 0. The zero-order chi connectivity index (χ0) is 2.00. The van der Waals surface area contributed by atoms with Gasteiger partial charge in [0.1, 0.15) is 0 Å². The quantitative estimate of drug-likeness (QED) is 0.398. The van der Waals surface area contributed by atoms with Gasteiger partial charge in [0.05, 0.1) is 0 Å². The average Bonchev–Trinajstić information content (AvgIpc) is 1.00. The summed E-state index contributed by atoms with van der Waals surface area (Å²) in [6, 6.07) is 0. The molecule has 34 valence electrons. The third-order valence-corrected chi connectivity index (χ3v) is 0. The SMILES string of the molecule is Br.Br.C#C.[MgH2].[MgH2]. The molecule has 0 aromatic heterocycles. The highest BCUT2D eigenvalue weighted by Gasteiger charge is 0.454. The number of hydrogen-bond donors (Lipinski definition) is 0. The Balaban J connectivity index is -0.000000000833. The highest BCUT2D eigenvalue weighted by Crippen LogP contribution is 0.847. The maximum atomic E-state index is 4.00. The van der Waals surface area contributed by atoms with Crippen LogP contribution >= 0.6 is 34.0 Å². The van der Waals surface area contributed by atoms with Crippen LogP contribution in [0, 0.1) is 12.8 Å². The molecule has 0 amide bonds. The standard InChI is InChI=1S/C2H2.2BrH.2Mg.4H/c1-2;;;;;;;;/h1-2H;2*1H;;;;;;. The van der Waals surface area contributed by atoms with E-state index in [4.69, 9.17) is 0 Å². The molecule has 0 heterocycles. The summed E-state index contributed by atoms with van der Waals surface area (Å²) in [7, 11) is 0. The van der Waals surface area contributed by atoms with E-state index in [1.54, 1.807) is 0 Å². The van der Waals surface area contributed by atoms with Crippen LogP contribution in [0.15, 0.2) is 0 Å². The summed E-state index contributed by atoms with van der Waals surface area (Å²) in [5.74, 6) is 0. The number of rotatable bonds is 0. The molecule has 0 unspecified atom stereocenters. The summed E-state index contributed by atoms with van der Waals surface area (Å²) in [5, 5.41) is 0. The van der Waals surface area contributed by atoms with E-state index in [0.29, 0.717) is 0 Å². The molecule has 0 aromatic carbocycles. The van der Waals surface area contributed by atoms with Crippen LogP contribution in [0.2, 0.25) is 0 Å². The van der Waals surface area contributed by atoms with Crippen molar-refractivity contribution in [3.63, 3.8) is 0 Å². The Morgan fingerprint density at radius 3 is 0.667 bits per heavy atom. The van der Waals surface area contributed by atoms with E-state index in [1.165, 1.54) is 0 Å². The van der Waals surface area contributed by atoms with Crippen molar-refractivity contribution < 1.29 is 0 Å². The first-order chi connectivity index (χ1) is 1.00. The highest BCUT2D eigenvalue weighted by molar-refractivity contribution is 8.93. The normalized spacial score (nSPS) is 0.333. The fourth-order valence-electron chi connectivity index (χ4n) is 0. The van der Waals surface area contributed by atoms with Gasteiger partial charge in [-0.1, -0.05) is 0 Å². The molecule has 0 aliphatic rings. The first-order valence-electron chi connectivity index (χ1n) is 0.333. The molecule has 0 aliphatic carbocycles. The Bertz CT molecular complexity index is 14.3. The molecule has 0 atom stereocenters. The van der Waals surface area contributed by atoms with Crippen molar-refractivity contribution >= 4 is 80.1 Å². The zero-order valence-corrected chi connectivity index (χ0v) is 5.40. The van der Waals surface area contributed by atoms with Crippen LogP contribution in [0.4, 0.5) is 0 Å². The van der Waals surface area contributed by atoms with E-state index in [9.17, 15) is 0 Å². The Morgan fingerprint density at radius 1 is 0.667 bits per heavy atom. The van der Waals surface area contributed by atoms with Crippen LogP contribution in [0.1, 0.15) is 0 Å². The smallest absolute Gasteiger partial charge is 0.124 e. The largest absolute Gasteiger partial charge is 0.316 e. The minimum atomic E-state index is 0. The van der Waals surface area contributed by atoms with Gasteiger partial charge in [0, 0.05) is 0 Å². The molecule has 0 saturated carbocycles. The molecular formula is C2H8Br2Mg2. The maximum absolute atomic E-state index is 4.00. The van der Waals surface area contributed by atoms with Crippen molar-refractivity contribution in [3.8, 4) is 12.8 Å². The summed E-state index contributed by atoms with van der Waals surface area (Å²) in [6.45, 7) is 0. The summed E-state index contributed by atoms with van der Waals surface area (Å²) in [6.07, 6.45) is 8.00. The van der Waals surface area contributed by atoms with Crippen LogP contribution in [-0.4, -0.2) is 46.1 Å². The first-order valence-corrected chi connectivity index (χ1v) is 0.333. The lowest BCUT2D eigenvalue weighted by Gasteiger charge is -0.701. The fourth-order valence-corrected chi connectivity index (χ4v) is 0. The van der Waals surface area contributed by atoms with Gasteiger partial charge in [-0.25, -0.2) is 0 Å². The lowest BCUT2D eigenvalue weighted by atomic mass is 11.4. The highest BCUT2D eigenvalue weighted by atomic mass is 79.9. The van der Waals surface area contributed by atoms with Crippen LogP contribution in [-0.2, 0) is 0 Å². The van der Waals surface area contributed by atoms with Crippen molar-refractivity contribution in [2.24, 2.45) is 0 Å². The van der Waals surface area contributed by atoms with Gasteiger partial charge in [-0.3, -0.25) is 0 Å². The molecule has 0 radical (unpaired) electrons. The van der Waals surface area contributed by atoms with Gasteiger partial charge >= 0.3 is 46.1 Å². The van der Waals surface area contributed by atoms with Gasteiger partial charge < -0.3 is 0 Å². The third kappa shape index (κ3) is 36.7. The monoisotopic (exact) mass is 238 g/mol. The summed E-state index contributed by atoms with van der Waals surface area (Å²) < 4.78 is 0. The van der Waals surface area contributed by atoms with Crippen molar-refractivity contribution in [1.82, 2.24) is 0 Å². The van der Waals surface area contributed by atoms with Crippen molar-refractivity contribution in [2.45, 2.75) is 0 Å². The van der Waals surface area contributed by atoms with E-state index < -0.39 is 0 Å². The second kappa shape index (κ2) is 61.3. The van der Waals surface area contributed by atoms with Gasteiger partial charge in [0.25, 0.3) is 0 Å². The van der Waals surface area contributed by atoms with Crippen molar-refractivity contribution in [2.75, 3.05) is 0 Å². The fraction of sp³-hybridized carbons (Fsp3) is 0. The second-order valence-electron chi connectivity index (χ2n) is 0. The summed E-state index contributed by atoms with van der Waals surface area (Å²) in [4.78, 5) is 0. The lowest BCUT2D eigenvalue weighted by Crippen LogP contribution is -0.576. The molecule has 0 bridgehead atoms. The van der Waals surface area contributed by atoms with Crippen LogP contribution < -0.4 is 0 Å². The van der Waals surface area contributed by atoms with E-state index in [1.807, 2.05) is 0 Å². The molecule has 0 rings (SSSR count). The molecule has 0 fully saturated rings. The zero-order valence-electron chi connectivity index (χ0n) is 1.97. The minimum Gasteiger partial charge on any atom is -0.124 e. The molecule has 0 aromatic rings. The topological polar surface area (TPSA) is 0 Å². The van der Waals surface area contributed by atoms with Crippen molar-refractivity contribution in [1.29, 1.82) is 0 Å². The van der Waals surface area contributed by atoms with Gasteiger partial charge in [-0.05, 0) is 0 Å². The molecule has 0 nitrogen and oxygen atoms in total. The predicted octanol–water partition coefficient (Wildman–Crippen LogP) is -0.427. The van der Waals surface area contributed by atoms with Crippen LogP contribution in [0.25, 0.3) is 0 Å². The Kier molecular flexibility index (Phi) is 439. The Morgan fingerprint density at radius 2 is 0.667 bits per heavy atom. The minimum absolute atomic E-state index is 0. The van der Waals surface area contributed by atoms with E-state index >= 15 is 0 Å². The van der Waals surface area contributed by atoms with E-state index in [-0.39, 0.29) is 80.1 Å². The van der Waals surface area contributed by atoms with Crippen LogP contribution in [0.3, 0.4) is 0 Å². The molecule has 6 heavy (non-hydrogen) atoms. The summed E-state index contributed by atoms with van der Waals surface area (Å²) in [5.41, 5.74) is 0. The Labute approximate surface area is 91.7 Å². The third-order valence-electron chi connectivity index (χ3n) is 0. The van der Waals surface area contributed by atoms with Crippen molar-refractivity contribution in [3.05, 3.63) is 0 Å². The number of hydrogen-bond acceptors (Lipinski definition) is 0. The second-order valence-corrected chi connectivity index (χ2v) is 0. The molecular weight excluding hydrogens is 232 g/mol. The van der Waals surface area contributed by atoms with E-state index in [0.717, 1.165) is 0 Å². The average molecular weight is 241 g/mol. The molecule has 0 saturated heterocycles. The Hall–Kier alpha value is 2.05. The van der Waals surface area contributed by atoms with Crippen LogP contribution in [0.5, 0.6) is 0 Å². The first kappa shape index (κ1) is 43.0. The predicted molar refractivity (Wildman–Crippen MR) is 47.6 cm³/mol. The number of halogens is 2. The molecule has 4 heteroatoms. The maximum Gasteiger partial charge on any atom is 0.316 e. The van der Waals surface area contributed by atoms with Gasteiger partial charge in [-0.2, -0.15) is 0 Å².